The number of carbonyl (C=O) groups is 1. The van der Waals surface area contributed by atoms with Crippen LogP contribution < -0.4 is 10.6 Å². The van der Waals surface area contributed by atoms with Crippen LogP contribution in [0.2, 0.25) is 5.02 Å². The molecule has 2 aliphatic rings. The first kappa shape index (κ1) is 19.7. The van der Waals surface area contributed by atoms with Crippen molar-refractivity contribution in [3.63, 3.8) is 0 Å². The molecule has 0 saturated carbocycles. The van der Waals surface area contributed by atoms with Crippen LogP contribution in [-0.4, -0.2) is 50.5 Å². The minimum atomic E-state index is -3.78. The van der Waals surface area contributed by atoms with Crippen LogP contribution in [0.5, 0.6) is 0 Å². The lowest BCUT2D eigenvalue weighted by Crippen LogP contribution is -2.71. The SMILES string of the molecule is N#Cc1ccc(CNc2ccc(S(=O)(=O)N3CC4(CNC(=O)CO4)C3)c(Cl)c2)o1. The van der Waals surface area contributed by atoms with Gasteiger partial charge in [0.05, 0.1) is 11.6 Å². The van der Waals surface area contributed by atoms with Gasteiger partial charge in [0.15, 0.2) is 0 Å². The Hall–Kier alpha value is -2.58. The zero-order valence-electron chi connectivity index (χ0n) is 15.1. The number of halogens is 1. The van der Waals surface area contributed by atoms with Gasteiger partial charge in [-0.2, -0.15) is 9.57 Å². The van der Waals surface area contributed by atoms with Crippen molar-refractivity contribution in [3.8, 4) is 6.07 Å². The number of morpholine rings is 1. The smallest absolute Gasteiger partial charge is 0.246 e. The summed E-state index contributed by atoms with van der Waals surface area (Å²) in [5.74, 6) is 0.580. The molecule has 1 amide bonds. The molecular weight excluding hydrogens is 420 g/mol. The van der Waals surface area contributed by atoms with Crippen LogP contribution >= 0.6 is 11.6 Å². The largest absolute Gasteiger partial charge is 0.449 e. The van der Waals surface area contributed by atoms with Crippen LogP contribution in [0.1, 0.15) is 11.5 Å². The molecule has 2 saturated heterocycles. The molecule has 3 heterocycles. The molecule has 1 aromatic heterocycles. The average molecular weight is 437 g/mol. The summed E-state index contributed by atoms with van der Waals surface area (Å²) >= 11 is 6.24. The third-order valence-corrected chi connectivity index (χ3v) is 7.11. The van der Waals surface area contributed by atoms with Gasteiger partial charge in [-0.3, -0.25) is 4.79 Å². The summed E-state index contributed by atoms with van der Waals surface area (Å²) in [7, 11) is -3.78. The second kappa shape index (κ2) is 7.35. The molecule has 4 rings (SSSR count). The molecule has 9 nitrogen and oxygen atoms in total. The number of sulfonamides is 1. The summed E-state index contributed by atoms with van der Waals surface area (Å²) in [6.45, 7) is 0.856. The highest BCUT2D eigenvalue weighted by Gasteiger charge is 2.51. The number of nitrogens with zero attached hydrogens (tertiary/aromatic N) is 2. The first-order valence-electron chi connectivity index (χ1n) is 8.74. The first-order valence-corrected chi connectivity index (χ1v) is 10.6. The molecule has 2 N–H and O–H groups in total. The van der Waals surface area contributed by atoms with E-state index >= 15 is 0 Å². The van der Waals surface area contributed by atoms with E-state index in [1.54, 1.807) is 18.2 Å². The second-order valence-electron chi connectivity index (χ2n) is 6.90. The molecule has 2 aromatic rings. The van der Waals surface area contributed by atoms with E-state index < -0.39 is 15.6 Å². The van der Waals surface area contributed by atoms with E-state index in [2.05, 4.69) is 10.6 Å². The van der Waals surface area contributed by atoms with Crippen molar-refractivity contribution < 1.29 is 22.4 Å². The summed E-state index contributed by atoms with van der Waals surface area (Å²) in [5.41, 5.74) is -0.0532. The molecule has 1 aromatic carbocycles. The van der Waals surface area contributed by atoms with E-state index in [9.17, 15) is 13.2 Å². The Morgan fingerprint density at radius 1 is 1.31 bits per heavy atom. The number of amides is 1. The van der Waals surface area contributed by atoms with Crippen LogP contribution in [0, 0.1) is 11.3 Å². The Bertz CT molecular complexity index is 1090. The van der Waals surface area contributed by atoms with Crippen molar-refractivity contribution >= 4 is 33.2 Å². The van der Waals surface area contributed by atoms with Gasteiger partial charge in [0.1, 0.15) is 28.9 Å². The van der Waals surface area contributed by atoms with Crippen LogP contribution in [-0.2, 0) is 26.1 Å². The molecule has 0 aliphatic carbocycles. The van der Waals surface area contributed by atoms with Crippen molar-refractivity contribution in [1.82, 2.24) is 9.62 Å². The molecule has 2 fully saturated rings. The number of carbonyl (C=O) groups excluding carboxylic acids is 1. The van der Waals surface area contributed by atoms with Crippen molar-refractivity contribution in [1.29, 1.82) is 5.26 Å². The minimum absolute atomic E-state index is 0.00387. The lowest BCUT2D eigenvalue weighted by molar-refractivity contribution is -0.160. The molecule has 152 valence electrons. The van der Waals surface area contributed by atoms with Gasteiger partial charge < -0.3 is 19.8 Å². The molecule has 2 aliphatic heterocycles. The van der Waals surface area contributed by atoms with E-state index in [-0.39, 0.29) is 47.8 Å². The summed E-state index contributed by atoms with van der Waals surface area (Å²) in [6, 6.07) is 9.74. The Morgan fingerprint density at radius 3 is 2.72 bits per heavy atom. The third-order valence-electron chi connectivity index (χ3n) is 4.83. The van der Waals surface area contributed by atoms with Crippen LogP contribution in [0.4, 0.5) is 5.69 Å². The number of hydrogen-bond acceptors (Lipinski definition) is 7. The summed E-state index contributed by atoms with van der Waals surface area (Å²) in [4.78, 5) is 11.2. The van der Waals surface area contributed by atoms with Gasteiger partial charge in [0.2, 0.25) is 21.7 Å². The monoisotopic (exact) mass is 436 g/mol. The van der Waals surface area contributed by atoms with E-state index in [4.69, 9.17) is 26.0 Å². The predicted octanol–water partition coefficient (Wildman–Crippen LogP) is 1.31. The third kappa shape index (κ3) is 3.82. The quantitative estimate of drug-likeness (QED) is 0.723. The van der Waals surface area contributed by atoms with Crippen LogP contribution in [0.25, 0.3) is 0 Å². The fraction of sp³-hybridized carbons (Fsp3) is 0.333. The number of furan rings is 1. The molecular formula is C18H17ClN4O5S. The van der Waals surface area contributed by atoms with Gasteiger partial charge in [0.25, 0.3) is 0 Å². The summed E-state index contributed by atoms with van der Waals surface area (Å²) in [6.07, 6.45) is 0. The Kier molecular flexibility index (Phi) is 5.00. The zero-order chi connectivity index (χ0) is 20.6. The highest BCUT2D eigenvalue weighted by molar-refractivity contribution is 7.89. The van der Waals surface area contributed by atoms with Gasteiger partial charge in [-0.25, -0.2) is 8.42 Å². The van der Waals surface area contributed by atoms with Crippen LogP contribution in [0.3, 0.4) is 0 Å². The number of nitriles is 1. The van der Waals surface area contributed by atoms with Gasteiger partial charge in [-0.1, -0.05) is 11.6 Å². The number of nitrogens with one attached hydrogen (secondary N) is 2. The minimum Gasteiger partial charge on any atom is -0.449 e. The molecule has 11 heteroatoms. The maximum atomic E-state index is 12.9. The molecule has 0 atom stereocenters. The Balaban J connectivity index is 1.42. The number of hydrogen-bond donors (Lipinski definition) is 2. The zero-order valence-corrected chi connectivity index (χ0v) is 16.7. The van der Waals surface area contributed by atoms with E-state index in [1.165, 1.54) is 16.4 Å². The number of ether oxygens (including phenoxy) is 1. The van der Waals surface area contributed by atoms with Gasteiger partial charge in [0, 0.05) is 25.3 Å². The van der Waals surface area contributed by atoms with Gasteiger partial charge in [-0.15, -0.1) is 0 Å². The molecule has 0 bridgehead atoms. The fourth-order valence-corrected chi connectivity index (χ4v) is 5.34. The van der Waals surface area contributed by atoms with Crippen molar-refractivity contribution in [2.75, 3.05) is 31.6 Å². The topological polar surface area (TPSA) is 125 Å². The van der Waals surface area contributed by atoms with E-state index in [1.807, 2.05) is 6.07 Å². The highest BCUT2D eigenvalue weighted by atomic mass is 35.5. The van der Waals surface area contributed by atoms with Gasteiger partial charge >= 0.3 is 0 Å². The molecule has 1 spiro atoms. The summed E-state index contributed by atoms with van der Waals surface area (Å²) in [5, 5.41) is 14.6. The summed E-state index contributed by atoms with van der Waals surface area (Å²) < 4.78 is 37.9. The number of benzene rings is 1. The normalized spacial score (nSPS) is 18.7. The second-order valence-corrected chi connectivity index (χ2v) is 9.21. The number of anilines is 1. The predicted molar refractivity (Wildman–Crippen MR) is 103 cm³/mol. The molecule has 29 heavy (non-hydrogen) atoms. The Labute approximate surface area is 172 Å². The number of rotatable bonds is 5. The lowest BCUT2D eigenvalue weighted by atomic mass is 9.95. The fourth-order valence-electron chi connectivity index (χ4n) is 3.23. The van der Waals surface area contributed by atoms with Gasteiger partial charge in [-0.05, 0) is 30.3 Å². The molecule has 0 unspecified atom stereocenters. The first-order chi connectivity index (χ1) is 13.8. The van der Waals surface area contributed by atoms with Crippen molar-refractivity contribution in [3.05, 3.63) is 46.9 Å². The lowest BCUT2D eigenvalue weighted by Gasteiger charge is -2.50. The standard InChI is InChI=1S/C18H17ClN4O5S/c19-15-5-12(21-7-14-3-2-13(6-20)28-14)1-4-16(15)29(25,26)23-10-18(11-23)9-22-17(24)8-27-18/h1-5,21H,7-11H2,(H,22,24). The van der Waals surface area contributed by atoms with Crippen molar-refractivity contribution in [2.24, 2.45) is 0 Å². The maximum Gasteiger partial charge on any atom is 0.246 e. The average Bonchev–Trinajstić information content (AvgIpc) is 3.13. The maximum absolute atomic E-state index is 12.9. The van der Waals surface area contributed by atoms with Crippen LogP contribution in [0.15, 0.2) is 39.6 Å². The molecule has 0 radical (unpaired) electrons. The Morgan fingerprint density at radius 2 is 2.10 bits per heavy atom. The van der Waals surface area contributed by atoms with E-state index in [0.717, 1.165) is 0 Å². The highest BCUT2D eigenvalue weighted by Crippen LogP contribution is 2.35. The van der Waals surface area contributed by atoms with E-state index in [0.29, 0.717) is 18.0 Å². The van der Waals surface area contributed by atoms with Crippen molar-refractivity contribution in [2.45, 2.75) is 17.0 Å².